The summed E-state index contributed by atoms with van der Waals surface area (Å²) < 4.78 is 0. The number of carbonyl (C=O) groups is 1. The maximum absolute atomic E-state index is 12.2. The Balaban J connectivity index is 2.05. The van der Waals surface area contributed by atoms with Gasteiger partial charge < -0.3 is 10.2 Å². The molecular formula is C18H21N5O. The van der Waals surface area contributed by atoms with Crippen LogP contribution in [0.3, 0.4) is 0 Å². The van der Waals surface area contributed by atoms with E-state index in [4.69, 9.17) is 5.26 Å². The minimum absolute atomic E-state index is 0.274. The first-order chi connectivity index (χ1) is 11.7. The van der Waals surface area contributed by atoms with Crippen LogP contribution in [0.5, 0.6) is 0 Å². The van der Waals surface area contributed by atoms with Gasteiger partial charge in [-0.1, -0.05) is 13.8 Å². The average Bonchev–Trinajstić information content (AvgIpc) is 2.62. The summed E-state index contributed by atoms with van der Waals surface area (Å²) >= 11 is 0. The molecule has 0 bridgehead atoms. The normalized spacial score (nSPS) is 10.0. The number of anilines is 2. The molecule has 0 aliphatic rings. The standard InChI is InChI=1S/C18H21N5O/c1-3-9-23(10-4-2)18-20-12-15(13-21-18)17(24)22-16-7-5-14(11-19)6-8-16/h5-8,12-13H,3-4,9-10H2,1-2H3,(H,22,24). The molecule has 6 nitrogen and oxygen atoms in total. The van der Waals surface area contributed by atoms with E-state index in [0.29, 0.717) is 22.8 Å². The lowest BCUT2D eigenvalue weighted by Gasteiger charge is -2.21. The van der Waals surface area contributed by atoms with E-state index in [1.54, 1.807) is 36.7 Å². The van der Waals surface area contributed by atoms with E-state index < -0.39 is 0 Å². The van der Waals surface area contributed by atoms with Crippen LogP contribution < -0.4 is 10.2 Å². The van der Waals surface area contributed by atoms with Gasteiger partial charge in [0.15, 0.2) is 0 Å². The molecule has 1 aromatic carbocycles. The van der Waals surface area contributed by atoms with Crippen molar-refractivity contribution in [1.29, 1.82) is 5.26 Å². The molecule has 6 heteroatoms. The van der Waals surface area contributed by atoms with Crippen LogP contribution in [0.1, 0.15) is 42.6 Å². The molecule has 0 atom stereocenters. The van der Waals surface area contributed by atoms with Gasteiger partial charge in [-0.2, -0.15) is 5.26 Å². The molecule has 0 aliphatic heterocycles. The molecule has 1 aromatic heterocycles. The minimum Gasteiger partial charge on any atom is -0.341 e. The van der Waals surface area contributed by atoms with Crippen molar-refractivity contribution in [3.05, 3.63) is 47.8 Å². The van der Waals surface area contributed by atoms with Gasteiger partial charge in [-0.25, -0.2) is 9.97 Å². The summed E-state index contributed by atoms with van der Waals surface area (Å²) in [6.07, 6.45) is 5.12. The van der Waals surface area contributed by atoms with Crippen molar-refractivity contribution in [2.75, 3.05) is 23.3 Å². The molecular weight excluding hydrogens is 302 g/mol. The van der Waals surface area contributed by atoms with E-state index in [1.165, 1.54) is 0 Å². The molecule has 0 unspecified atom stereocenters. The van der Waals surface area contributed by atoms with Gasteiger partial charge in [0.25, 0.3) is 5.91 Å². The summed E-state index contributed by atoms with van der Waals surface area (Å²) in [6.45, 7) is 6.01. The van der Waals surface area contributed by atoms with Crippen LogP contribution in [-0.4, -0.2) is 29.0 Å². The monoisotopic (exact) mass is 323 g/mol. The van der Waals surface area contributed by atoms with Crippen molar-refractivity contribution >= 4 is 17.5 Å². The minimum atomic E-state index is -0.274. The average molecular weight is 323 g/mol. The summed E-state index contributed by atoms with van der Waals surface area (Å²) in [7, 11) is 0. The predicted molar refractivity (Wildman–Crippen MR) is 93.9 cm³/mol. The zero-order valence-electron chi connectivity index (χ0n) is 14.0. The Bertz CT molecular complexity index is 698. The smallest absolute Gasteiger partial charge is 0.258 e. The Morgan fingerprint density at radius 3 is 2.21 bits per heavy atom. The van der Waals surface area contributed by atoms with Crippen LogP contribution in [0.25, 0.3) is 0 Å². The molecule has 2 aromatic rings. The van der Waals surface area contributed by atoms with Gasteiger partial charge in [-0.15, -0.1) is 0 Å². The van der Waals surface area contributed by atoms with Crippen LogP contribution >= 0.6 is 0 Å². The molecule has 0 spiro atoms. The number of amides is 1. The largest absolute Gasteiger partial charge is 0.341 e. The van der Waals surface area contributed by atoms with Crippen LogP contribution in [0.15, 0.2) is 36.7 Å². The van der Waals surface area contributed by atoms with E-state index in [1.807, 2.05) is 6.07 Å². The van der Waals surface area contributed by atoms with Crippen molar-refractivity contribution in [2.24, 2.45) is 0 Å². The van der Waals surface area contributed by atoms with Gasteiger partial charge in [0.2, 0.25) is 5.95 Å². The Morgan fingerprint density at radius 1 is 1.12 bits per heavy atom. The van der Waals surface area contributed by atoms with Crippen molar-refractivity contribution in [2.45, 2.75) is 26.7 Å². The van der Waals surface area contributed by atoms with Gasteiger partial charge >= 0.3 is 0 Å². The Hall–Kier alpha value is -2.94. The zero-order chi connectivity index (χ0) is 17.4. The third-order valence-corrected chi connectivity index (χ3v) is 3.44. The fraction of sp³-hybridized carbons (Fsp3) is 0.333. The van der Waals surface area contributed by atoms with Gasteiger partial charge in [-0.05, 0) is 37.1 Å². The topological polar surface area (TPSA) is 81.9 Å². The molecule has 124 valence electrons. The number of aromatic nitrogens is 2. The second-order valence-corrected chi connectivity index (χ2v) is 5.40. The van der Waals surface area contributed by atoms with E-state index in [2.05, 4.69) is 34.0 Å². The van der Waals surface area contributed by atoms with Crippen molar-refractivity contribution in [1.82, 2.24) is 9.97 Å². The highest BCUT2D eigenvalue weighted by atomic mass is 16.1. The van der Waals surface area contributed by atoms with Crippen LogP contribution in [-0.2, 0) is 0 Å². The first kappa shape index (κ1) is 17.4. The van der Waals surface area contributed by atoms with Gasteiger partial charge in [-0.3, -0.25) is 4.79 Å². The number of carbonyl (C=O) groups excluding carboxylic acids is 1. The van der Waals surface area contributed by atoms with E-state index in [0.717, 1.165) is 25.9 Å². The quantitative estimate of drug-likeness (QED) is 0.846. The highest BCUT2D eigenvalue weighted by molar-refractivity contribution is 6.03. The molecule has 1 heterocycles. The zero-order valence-corrected chi connectivity index (χ0v) is 14.0. The predicted octanol–water partition coefficient (Wildman–Crippen LogP) is 3.23. The molecule has 0 aliphatic carbocycles. The summed E-state index contributed by atoms with van der Waals surface area (Å²) in [5.74, 6) is 0.373. The summed E-state index contributed by atoms with van der Waals surface area (Å²) in [4.78, 5) is 23.0. The number of nitrogens with zero attached hydrogens (tertiary/aromatic N) is 4. The second-order valence-electron chi connectivity index (χ2n) is 5.40. The third kappa shape index (κ3) is 4.53. The lowest BCUT2D eigenvalue weighted by Crippen LogP contribution is -2.27. The Labute approximate surface area is 142 Å². The molecule has 0 saturated carbocycles. The summed E-state index contributed by atoms with van der Waals surface area (Å²) in [5.41, 5.74) is 1.57. The fourth-order valence-electron chi connectivity index (χ4n) is 2.28. The number of benzene rings is 1. The number of rotatable bonds is 7. The van der Waals surface area contributed by atoms with E-state index >= 15 is 0 Å². The van der Waals surface area contributed by atoms with Gasteiger partial charge in [0.1, 0.15) is 0 Å². The van der Waals surface area contributed by atoms with Crippen molar-refractivity contribution in [3.8, 4) is 6.07 Å². The van der Waals surface area contributed by atoms with Crippen LogP contribution in [0.2, 0.25) is 0 Å². The molecule has 2 rings (SSSR count). The highest BCUT2D eigenvalue weighted by Crippen LogP contribution is 2.12. The number of nitrogens with one attached hydrogen (secondary N) is 1. The molecule has 24 heavy (non-hydrogen) atoms. The fourth-order valence-corrected chi connectivity index (χ4v) is 2.28. The summed E-state index contributed by atoms with van der Waals surface area (Å²) in [6, 6.07) is 8.73. The first-order valence-electron chi connectivity index (χ1n) is 8.06. The maximum Gasteiger partial charge on any atom is 0.258 e. The maximum atomic E-state index is 12.2. The lowest BCUT2D eigenvalue weighted by atomic mass is 10.2. The molecule has 0 fully saturated rings. The van der Waals surface area contributed by atoms with Crippen LogP contribution in [0, 0.1) is 11.3 Å². The van der Waals surface area contributed by atoms with E-state index in [-0.39, 0.29) is 5.91 Å². The Kier molecular flexibility index (Phi) is 6.26. The second kappa shape index (κ2) is 8.63. The van der Waals surface area contributed by atoms with E-state index in [9.17, 15) is 4.79 Å². The first-order valence-corrected chi connectivity index (χ1v) is 8.06. The lowest BCUT2D eigenvalue weighted by molar-refractivity contribution is 0.102. The third-order valence-electron chi connectivity index (χ3n) is 3.44. The molecule has 1 N–H and O–H groups in total. The number of hydrogen-bond acceptors (Lipinski definition) is 5. The summed E-state index contributed by atoms with van der Waals surface area (Å²) in [5, 5.41) is 11.5. The van der Waals surface area contributed by atoms with Crippen molar-refractivity contribution in [3.63, 3.8) is 0 Å². The number of nitriles is 1. The molecule has 1 amide bonds. The highest BCUT2D eigenvalue weighted by Gasteiger charge is 2.11. The Morgan fingerprint density at radius 2 is 1.71 bits per heavy atom. The van der Waals surface area contributed by atoms with Crippen LogP contribution in [0.4, 0.5) is 11.6 Å². The molecule has 0 saturated heterocycles. The molecule has 0 radical (unpaired) electrons. The SMILES string of the molecule is CCCN(CCC)c1ncc(C(=O)Nc2ccc(C#N)cc2)cn1. The van der Waals surface area contributed by atoms with Gasteiger partial charge in [0.05, 0.1) is 17.2 Å². The van der Waals surface area contributed by atoms with Crippen molar-refractivity contribution < 1.29 is 4.79 Å². The number of hydrogen-bond donors (Lipinski definition) is 1. The van der Waals surface area contributed by atoms with Gasteiger partial charge in [0, 0.05) is 31.2 Å².